The molecule has 1 heterocycles. The summed E-state index contributed by atoms with van der Waals surface area (Å²) in [5, 5.41) is 0. The average molecular weight is 427 g/mol. The minimum atomic E-state index is -0.319. The number of carbonyl (C=O) groups excluding carboxylic acids is 2. The van der Waals surface area contributed by atoms with Crippen molar-refractivity contribution in [2.75, 3.05) is 19.1 Å². The van der Waals surface area contributed by atoms with Gasteiger partial charge in [-0.2, -0.15) is 0 Å². The molecule has 32 heavy (non-hydrogen) atoms. The number of aryl methyl sites for hydroxylation is 2. The molecule has 5 nitrogen and oxygen atoms in total. The van der Waals surface area contributed by atoms with Crippen LogP contribution in [0.5, 0.6) is 5.75 Å². The first-order valence-electron chi connectivity index (χ1n) is 10.5. The predicted molar refractivity (Wildman–Crippen MR) is 126 cm³/mol. The molecule has 162 valence electrons. The van der Waals surface area contributed by atoms with Crippen LogP contribution in [0.2, 0.25) is 0 Å². The third-order valence-electron chi connectivity index (χ3n) is 5.94. The molecule has 0 spiro atoms. The van der Waals surface area contributed by atoms with E-state index in [0.717, 1.165) is 27.9 Å². The SMILES string of the molecule is COc1ccccc1CN1C(=O)C(c2ccc(C)c(C)c2)=C(N(C)c2ccccc2)C1=O. The molecule has 0 aliphatic carbocycles. The van der Waals surface area contributed by atoms with Crippen LogP contribution in [-0.2, 0) is 16.1 Å². The van der Waals surface area contributed by atoms with Crippen molar-refractivity contribution in [3.63, 3.8) is 0 Å². The largest absolute Gasteiger partial charge is 0.496 e. The van der Waals surface area contributed by atoms with Crippen molar-refractivity contribution in [2.45, 2.75) is 20.4 Å². The summed E-state index contributed by atoms with van der Waals surface area (Å²) in [4.78, 5) is 30.4. The zero-order chi connectivity index (χ0) is 22.8. The molecule has 0 unspecified atom stereocenters. The molecule has 0 aromatic heterocycles. The molecular weight excluding hydrogens is 400 g/mol. The Bertz CT molecular complexity index is 1210. The van der Waals surface area contributed by atoms with Gasteiger partial charge >= 0.3 is 0 Å². The minimum Gasteiger partial charge on any atom is -0.496 e. The molecule has 5 heteroatoms. The second kappa shape index (κ2) is 8.71. The molecule has 3 aromatic carbocycles. The number of hydrogen-bond donors (Lipinski definition) is 0. The normalized spacial score (nSPS) is 13.7. The summed E-state index contributed by atoms with van der Waals surface area (Å²) < 4.78 is 5.44. The van der Waals surface area contributed by atoms with Gasteiger partial charge in [0, 0.05) is 18.3 Å². The fourth-order valence-electron chi connectivity index (χ4n) is 3.96. The van der Waals surface area contributed by atoms with Crippen LogP contribution < -0.4 is 9.64 Å². The molecule has 0 atom stereocenters. The van der Waals surface area contributed by atoms with Gasteiger partial charge in [-0.3, -0.25) is 14.5 Å². The number of para-hydroxylation sites is 2. The second-order valence-corrected chi connectivity index (χ2v) is 7.93. The molecule has 0 bridgehead atoms. The molecule has 0 N–H and O–H groups in total. The number of likely N-dealkylation sites (N-methyl/N-ethyl adjacent to an activating group) is 1. The Morgan fingerprint density at radius 1 is 0.844 bits per heavy atom. The summed E-state index contributed by atoms with van der Waals surface area (Å²) >= 11 is 0. The van der Waals surface area contributed by atoms with Crippen molar-refractivity contribution < 1.29 is 14.3 Å². The van der Waals surface area contributed by atoms with Gasteiger partial charge in [0.15, 0.2) is 0 Å². The summed E-state index contributed by atoms with van der Waals surface area (Å²) in [6.45, 7) is 4.18. The van der Waals surface area contributed by atoms with Gasteiger partial charge in [0.1, 0.15) is 11.4 Å². The zero-order valence-corrected chi connectivity index (χ0v) is 18.8. The Labute approximate surface area is 188 Å². The van der Waals surface area contributed by atoms with Crippen molar-refractivity contribution in [3.05, 3.63) is 101 Å². The zero-order valence-electron chi connectivity index (χ0n) is 18.8. The monoisotopic (exact) mass is 426 g/mol. The van der Waals surface area contributed by atoms with Crippen molar-refractivity contribution >= 4 is 23.1 Å². The number of benzene rings is 3. The molecule has 3 aromatic rings. The van der Waals surface area contributed by atoms with Crippen LogP contribution in [-0.4, -0.2) is 30.9 Å². The van der Waals surface area contributed by atoms with E-state index in [1.807, 2.05) is 93.7 Å². The van der Waals surface area contributed by atoms with Crippen molar-refractivity contribution in [1.29, 1.82) is 0 Å². The number of carbonyl (C=O) groups is 2. The van der Waals surface area contributed by atoms with Crippen LogP contribution in [0.1, 0.15) is 22.3 Å². The Morgan fingerprint density at radius 2 is 1.53 bits per heavy atom. The molecule has 0 fully saturated rings. The van der Waals surface area contributed by atoms with Crippen LogP contribution in [0, 0.1) is 13.8 Å². The van der Waals surface area contributed by atoms with E-state index in [1.165, 1.54) is 4.90 Å². The Kier molecular flexibility index (Phi) is 5.82. The van der Waals surface area contributed by atoms with E-state index in [4.69, 9.17) is 4.74 Å². The summed E-state index contributed by atoms with van der Waals surface area (Å²) in [6.07, 6.45) is 0. The number of anilines is 1. The number of hydrogen-bond acceptors (Lipinski definition) is 4. The van der Waals surface area contributed by atoms with Gasteiger partial charge in [-0.05, 0) is 48.7 Å². The van der Waals surface area contributed by atoms with Gasteiger partial charge in [-0.25, -0.2) is 0 Å². The lowest BCUT2D eigenvalue weighted by Gasteiger charge is -2.22. The van der Waals surface area contributed by atoms with E-state index >= 15 is 0 Å². The third kappa shape index (κ3) is 3.78. The molecular formula is C27H26N2O3. The lowest BCUT2D eigenvalue weighted by molar-refractivity contribution is -0.137. The van der Waals surface area contributed by atoms with E-state index in [1.54, 1.807) is 12.0 Å². The number of rotatable bonds is 6. The first kappa shape index (κ1) is 21.4. The Morgan fingerprint density at radius 3 is 2.22 bits per heavy atom. The predicted octanol–water partition coefficient (Wildman–Crippen LogP) is 4.73. The van der Waals surface area contributed by atoms with Crippen molar-refractivity contribution in [2.24, 2.45) is 0 Å². The van der Waals surface area contributed by atoms with E-state index in [0.29, 0.717) is 17.0 Å². The molecule has 1 aliphatic rings. The number of nitrogens with zero attached hydrogens (tertiary/aromatic N) is 2. The van der Waals surface area contributed by atoms with Gasteiger partial charge in [0.2, 0.25) is 0 Å². The lowest BCUT2D eigenvalue weighted by Crippen LogP contribution is -2.33. The highest BCUT2D eigenvalue weighted by Crippen LogP contribution is 2.35. The molecule has 0 saturated heterocycles. The van der Waals surface area contributed by atoms with E-state index in [-0.39, 0.29) is 18.4 Å². The van der Waals surface area contributed by atoms with Gasteiger partial charge in [-0.1, -0.05) is 54.6 Å². The quantitative estimate of drug-likeness (QED) is 0.535. The maximum Gasteiger partial charge on any atom is 0.278 e. The van der Waals surface area contributed by atoms with Gasteiger partial charge < -0.3 is 9.64 Å². The Balaban J connectivity index is 1.82. The van der Waals surface area contributed by atoms with Crippen LogP contribution >= 0.6 is 0 Å². The number of amides is 2. The number of ether oxygens (including phenoxy) is 1. The summed E-state index contributed by atoms with van der Waals surface area (Å²) in [7, 11) is 3.41. The summed E-state index contributed by atoms with van der Waals surface area (Å²) in [5.74, 6) is 0.0214. The summed E-state index contributed by atoms with van der Waals surface area (Å²) in [6, 6.07) is 22.9. The number of methoxy groups -OCH3 is 1. The van der Waals surface area contributed by atoms with E-state index in [9.17, 15) is 9.59 Å². The van der Waals surface area contributed by atoms with Crippen LogP contribution in [0.25, 0.3) is 5.57 Å². The van der Waals surface area contributed by atoms with Gasteiger partial charge in [-0.15, -0.1) is 0 Å². The maximum absolute atomic E-state index is 13.6. The second-order valence-electron chi connectivity index (χ2n) is 7.93. The average Bonchev–Trinajstić information content (AvgIpc) is 3.06. The van der Waals surface area contributed by atoms with Crippen LogP contribution in [0.3, 0.4) is 0 Å². The van der Waals surface area contributed by atoms with Crippen LogP contribution in [0.4, 0.5) is 5.69 Å². The highest BCUT2D eigenvalue weighted by atomic mass is 16.5. The highest BCUT2D eigenvalue weighted by molar-refractivity contribution is 6.36. The van der Waals surface area contributed by atoms with Gasteiger partial charge in [0.25, 0.3) is 11.8 Å². The molecule has 0 radical (unpaired) electrons. The standard InChI is InChI=1S/C27H26N2O3/c1-18-14-15-20(16-19(18)2)24-25(28(3)22-11-6-5-7-12-22)27(31)29(26(24)30)17-21-10-8-9-13-23(21)32-4/h5-16H,17H2,1-4H3. The molecule has 4 rings (SSSR count). The third-order valence-corrected chi connectivity index (χ3v) is 5.94. The topological polar surface area (TPSA) is 49.9 Å². The highest BCUT2D eigenvalue weighted by Gasteiger charge is 2.41. The fourth-order valence-corrected chi connectivity index (χ4v) is 3.96. The van der Waals surface area contributed by atoms with Crippen LogP contribution in [0.15, 0.2) is 78.5 Å². The maximum atomic E-state index is 13.6. The lowest BCUT2D eigenvalue weighted by atomic mass is 9.99. The van der Waals surface area contributed by atoms with Crippen molar-refractivity contribution in [3.8, 4) is 5.75 Å². The first-order valence-corrected chi connectivity index (χ1v) is 10.5. The number of imide groups is 1. The summed E-state index contributed by atoms with van der Waals surface area (Å²) in [5.41, 5.74) is 5.35. The minimum absolute atomic E-state index is 0.141. The fraction of sp³-hybridized carbons (Fsp3) is 0.185. The van der Waals surface area contributed by atoms with E-state index in [2.05, 4.69) is 0 Å². The van der Waals surface area contributed by atoms with Crippen molar-refractivity contribution in [1.82, 2.24) is 4.90 Å². The van der Waals surface area contributed by atoms with E-state index < -0.39 is 0 Å². The first-order chi connectivity index (χ1) is 15.4. The van der Waals surface area contributed by atoms with Gasteiger partial charge in [0.05, 0.1) is 19.2 Å². The molecule has 1 aliphatic heterocycles. The smallest absolute Gasteiger partial charge is 0.278 e. The molecule has 0 saturated carbocycles. The Hall–Kier alpha value is -3.86. The molecule has 2 amide bonds.